The van der Waals surface area contributed by atoms with Crippen molar-refractivity contribution >= 4 is 29.3 Å². The monoisotopic (exact) mass is 409 g/mol. The molecule has 0 aromatic heterocycles. The summed E-state index contributed by atoms with van der Waals surface area (Å²) in [6, 6.07) is 15.8. The Morgan fingerprint density at radius 1 is 0.933 bits per heavy atom. The molecule has 0 heterocycles. The number of nitrogens with zero attached hydrogens (tertiary/aromatic N) is 1. The van der Waals surface area contributed by atoms with Gasteiger partial charge in [0.15, 0.2) is 0 Å². The van der Waals surface area contributed by atoms with Gasteiger partial charge in [0, 0.05) is 44.5 Å². The molecular weight excluding hydrogens is 382 g/mol. The van der Waals surface area contributed by atoms with Crippen molar-refractivity contribution in [2.45, 2.75) is 13.0 Å². The molecule has 0 atom stereocenters. The van der Waals surface area contributed by atoms with E-state index in [2.05, 4.69) is 27.8 Å². The van der Waals surface area contributed by atoms with Crippen LogP contribution >= 0.6 is 0 Å². The molecule has 158 valence electrons. The molecule has 30 heavy (non-hydrogen) atoms. The van der Waals surface area contributed by atoms with Crippen molar-refractivity contribution in [1.82, 2.24) is 15.5 Å². The Hall–Kier alpha value is -3.81. The fraction of sp³-hybridized carbons (Fsp3) is 0.227. The van der Waals surface area contributed by atoms with E-state index in [-0.39, 0.29) is 30.9 Å². The van der Waals surface area contributed by atoms with Crippen LogP contribution in [0.2, 0.25) is 0 Å². The zero-order valence-electron chi connectivity index (χ0n) is 17.0. The molecule has 0 unspecified atom stereocenters. The maximum Gasteiger partial charge on any atom is 0.319 e. The number of benzene rings is 2. The molecule has 8 heteroatoms. The van der Waals surface area contributed by atoms with Gasteiger partial charge in [0.25, 0.3) is 0 Å². The minimum Gasteiger partial charge on any atom is -0.337 e. The Kier molecular flexibility index (Phi) is 8.92. The molecule has 0 aliphatic rings. The first-order valence-electron chi connectivity index (χ1n) is 9.56. The van der Waals surface area contributed by atoms with Crippen LogP contribution in [0.1, 0.15) is 12.0 Å². The number of carbonyl (C=O) groups excluding carboxylic acids is 3. The van der Waals surface area contributed by atoms with Crippen LogP contribution in [0.4, 0.5) is 21.0 Å². The van der Waals surface area contributed by atoms with Crippen molar-refractivity contribution < 1.29 is 14.4 Å². The summed E-state index contributed by atoms with van der Waals surface area (Å²) < 4.78 is 0. The summed E-state index contributed by atoms with van der Waals surface area (Å²) in [7, 11) is 1.70. The Balaban J connectivity index is 1.69. The summed E-state index contributed by atoms with van der Waals surface area (Å²) in [5.74, 6) is -0.217. The van der Waals surface area contributed by atoms with Gasteiger partial charge in [-0.3, -0.25) is 4.79 Å². The largest absolute Gasteiger partial charge is 0.337 e. The Morgan fingerprint density at radius 3 is 2.20 bits per heavy atom. The molecule has 5 amide bonds. The smallest absolute Gasteiger partial charge is 0.319 e. The van der Waals surface area contributed by atoms with E-state index in [1.165, 1.54) is 0 Å². The van der Waals surface area contributed by atoms with Crippen LogP contribution in [0.25, 0.3) is 0 Å². The second kappa shape index (κ2) is 11.9. The highest BCUT2D eigenvalue weighted by molar-refractivity contribution is 5.92. The van der Waals surface area contributed by atoms with E-state index in [9.17, 15) is 14.4 Å². The number of nitrogens with one attached hydrogen (secondary N) is 4. The summed E-state index contributed by atoms with van der Waals surface area (Å²) in [6.45, 7) is 4.62. The zero-order valence-corrected chi connectivity index (χ0v) is 17.0. The fourth-order valence-electron chi connectivity index (χ4n) is 2.55. The molecule has 0 radical (unpaired) electrons. The third kappa shape index (κ3) is 8.05. The first-order chi connectivity index (χ1) is 14.5. The first kappa shape index (κ1) is 22.5. The van der Waals surface area contributed by atoms with Crippen LogP contribution in [0.5, 0.6) is 0 Å². The van der Waals surface area contributed by atoms with Gasteiger partial charge in [-0.2, -0.15) is 0 Å². The van der Waals surface area contributed by atoms with Crippen molar-refractivity contribution in [3.8, 4) is 0 Å². The summed E-state index contributed by atoms with van der Waals surface area (Å²) in [5.41, 5.74) is 2.23. The van der Waals surface area contributed by atoms with E-state index in [4.69, 9.17) is 0 Å². The van der Waals surface area contributed by atoms with Gasteiger partial charge in [0.1, 0.15) is 0 Å². The summed E-state index contributed by atoms with van der Waals surface area (Å²) >= 11 is 0. The average Bonchev–Trinajstić information content (AvgIpc) is 2.74. The maximum atomic E-state index is 12.1. The van der Waals surface area contributed by atoms with E-state index < -0.39 is 0 Å². The van der Waals surface area contributed by atoms with Gasteiger partial charge < -0.3 is 26.2 Å². The summed E-state index contributed by atoms with van der Waals surface area (Å²) in [4.78, 5) is 37.3. The van der Waals surface area contributed by atoms with E-state index in [0.29, 0.717) is 24.5 Å². The maximum absolute atomic E-state index is 12.1. The van der Waals surface area contributed by atoms with Crippen molar-refractivity contribution in [1.29, 1.82) is 0 Å². The van der Waals surface area contributed by atoms with Crippen molar-refractivity contribution in [3.05, 3.63) is 72.8 Å². The Labute approximate surface area is 176 Å². The van der Waals surface area contributed by atoms with E-state index >= 15 is 0 Å². The number of amides is 5. The molecule has 0 aliphatic carbocycles. The number of hydrogen-bond acceptors (Lipinski definition) is 3. The van der Waals surface area contributed by atoms with Crippen LogP contribution in [0.15, 0.2) is 67.3 Å². The highest BCUT2D eigenvalue weighted by atomic mass is 16.2. The molecule has 0 spiro atoms. The molecule has 0 bridgehead atoms. The number of anilines is 2. The average molecular weight is 409 g/mol. The van der Waals surface area contributed by atoms with Crippen molar-refractivity contribution in [2.24, 2.45) is 0 Å². The number of rotatable bonds is 9. The highest BCUT2D eigenvalue weighted by Crippen LogP contribution is 2.13. The molecule has 0 saturated heterocycles. The lowest BCUT2D eigenvalue weighted by molar-refractivity contribution is -0.116. The zero-order chi connectivity index (χ0) is 21.8. The number of urea groups is 2. The van der Waals surface area contributed by atoms with Crippen molar-refractivity contribution in [2.75, 3.05) is 30.8 Å². The lowest BCUT2D eigenvalue weighted by Gasteiger charge is -2.18. The third-order valence-electron chi connectivity index (χ3n) is 4.07. The van der Waals surface area contributed by atoms with Crippen LogP contribution in [0.3, 0.4) is 0 Å². The minimum absolute atomic E-state index is 0.148. The molecule has 2 rings (SSSR count). The van der Waals surface area contributed by atoms with Gasteiger partial charge in [0.2, 0.25) is 5.91 Å². The van der Waals surface area contributed by atoms with Gasteiger partial charge in [-0.15, -0.1) is 6.58 Å². The van der Waals surface area contributed by atoms with Gasteiger partial charge in [0.05, 0.1) is 0 Å². The van der Waals surface area contributed by atoms with Gasteiger partial charge in [-0.1, -0.05) is 36.4 Å². The summed E-state index contributed by atoms with van der Waals surface area (Å²) in [5, 5.41) is 10.8. The lowest BCUT2D eigenvalue weighted by atomic mass is 10.2. The van der Waals surface area contributed by atoms with E-state index in [0.717, 1.165) is 5.56 Å². The quantitative estimate of drug-likeness (QED) is 0.478. The van der Waals surface area contributed by atoms with E-state index in [1.54, 1.807) is 42.3 Å². The predicted octanol–water partition coefficient (Wildman–Crippen LogP) is 3.16. The summed E-state index contributed by atoms with van der Waals surface area (Å²) in [6.07, 6.45) is 1.73. The molecule has 2 aromatic rings. The van der Waals surface area contributed by atoms with Crippen LogP contribution in [-0.2, 0) is 11.3 Å². The van der Waals surface area contributed by atoms with Crippen molar-refractivity contribution in [3.63, 3.8) is 0 Å². The Bertz CT molecular complexity index is 853. The van der Waals surface area contributed by atoms with Crippen LogP contribution in [0, 0.1) is 0 Å². The molecule has 0 aliphatic heterocycles. The second-order valence-electron chi connectivity index (χ2n) is 6.57. The standard InChI is InChI=1S/C22H27N5O3/c1-3-14-23-21(29)26-19-11-9-18(10-12-19)25-20(28)13-15-24-22(30)27(2)16-17-7-5-4-6-8-17/h3-12H,1,13-16H2,2H3,(H,24,30)(H,25,28)(H2,23,26,29). The molecular formula is C22H27N5O3. The van der Waals surface area contributed by atoms with Gasteiger partial charge in [-0.05, 0) is 29.8 Å². The fourth-order valence-corrected chi connectivity index (χ4v) is 2.55. The topological polar surface area (TPSA) is 103 Å². The first-order valence-corrected chi connectivity index (χ1v) is 9.56. The molecule has 4 N–H and O–H groups in total. The van der Waals surface area contributed by atoms with Gasteiger partial charge in [-0.25, -0.2) is 9.59 Å². The SMILES string of the molecule is C=CCNC(=O)Nc1ccc(NC(=O)CCNC(=O)N(C)Cc2ccccc2)cc1. The minimum atomic E-state index is -0.334. The molecule has 2 aromatic carbocycles. The molecule has 0 fully saturated rings. The van der Waals surface area contributed by atoms with E-state index in [1.807, 2.05) is 30.3 Å². The molecule has 8 nitrogen and oxygen atoms in total. The number of hydrogen-bond donors (Lipinski definition) is 4. The van der Waals surface area contributed by atoms with Crippen LogP contribution in [-0.4, -0.2) is 43.0 Å². The number of carbonyl (C=O) groups is 3. The predicted molar refractivity (Wildman–Crippen MR) is 118 cm³/mol. The Morgan fingerprint density at radius 2 is 1.57 bits per heavy atom. The lowest BCUT2D eigenvalue weighted by Crippen LogP contribution is -2.38. The normalized spacial score (nSPS) is 9.90. The van der Waals surface area contributed by atoms with Gasteiger partial charge >= 0.3 is 12.1 Å². The van der Waals surface area contributed by atoms with Crippen LogP contribution < -0.4 is 21.3 Å². The second-order valence-corrected chi connectivity index (χ2v) is 6.57. The molecule has 0 saturated carbocycles. The third-order valence-corrected chi connectivity index (χ3v) is 4.07. The highest BCUT2D eigenvalue weighted by Gasteiger charge is 2.10.